The zero-order chi connectivity index (χ0) is 10.9. The molecular formula is C12H15F2N. The van der Waals surface area contributed by atoms with E-state index in [-0.39, 0.29) is 18.8 Å². The maximum atomic E-state index is 13.0. The predicted molar refractivity (Wildman–Crippen MR) is 55.9 cm³/mol. The number of hydrogen-bond acceptors (Lipinski definition) is 1. The van der Waals surface area contributed by atoms with Gasteiger partial charge in [-0.3, -0.25) is 0 Å². The zero-order valence-electron chi connectivity index (χ0n) is 8.55. The lowest BCUT2D eigenvalue weighted by Crippen LogP contribution is -2.09. The molecule has 0 radical (unpaired) electrons. The van der Waals surface area contributed by atoms with Crippen LogP contribution in [0, 0.1) is 0 Å². The number of alkyl halides is 2. The topological polar surface area (TPSA) is 26.0 Å². The van der Waals surface area contributed by atoms with Crippen LogP contribution < -0.4 is 5.73 Å². The molecule has 0 spiro atoms. The number of benzene rings is 1. The summed E-state index contributed by atoms with van der Waals surface area (Å²) in [6.45, 7) is 0.469. The van der Waals surface area contributed by atoms with Crippen molar-refractivity contribution in [2.45, 2.75) is 37.6 Å². The molecule has 1 unspecified atom stereocenters. The molecule has 1 atom stereocenters. The number of hydrogen-bond donors (Lipinski definition) is 1. The lowest BCUT2D eigenvalue weighted by Gasteiger charge is -2.11. The molecule has 1 aliphatic carbocycles. The van der Waals surface area contributed by atoms with Gasteiger partial charge in [0.15, 0.2) is 0 Å². The summed E-state index contributed by atoms with van der Waals surface area (Å²) in [5.41, 5.74) is 7.55. The van der Waals surface area contributed by atoms with Crippen molar-refractivity contribution in [2.24, 2.45) is 5.73 Å². The minimum absolute atomic E-state index is 0.00602. The van der Waals surface area contributed by atoms with Crippen LogP contribution in [-0.2, 0) is 6.54 Å². The highest BCUT2D eigenvalue weighted by Gasteiger charge is 2.39. The highest BCUT2D eigenvalue weighted by atomic mass is 19.3. The van der Waals surface area contributed by atoms with E-state index in [1.807, 2.05) is 24.3 Å². The van der Waals surface area contributed by atoms with E-state index in [2.05, 4.69) is 0 Å². The van der Waals surface area contributed by atoms with Gasteiger partial charge in [0.2, 0.25) is 5.92 Å². The predicted octanol–water partition coefficient (Wildman–Crippen LogP) is 3.05. The van der Waals surface area contributed by atoms with Crippen LogP contribution in [0.25, 0.3) is 0 Å². The number of rotatable bonds is 2. The Morgan fingerprint density at radius 2 is 2.20 bits per heavy atom. The molecular weight excluding hydrogens is 196 g/mol. The van der Waals surface area contributed by atoms with E-state index in [1.165, 1.54) is 0 Å². The molecule has 0 bridgehead atoms. The summed E-state index contributed by atoms with van der Waals surface area (Å²) in [6.07, 6.45) is 0.590. The van der Waals surface area contributed by atoms with E-state index in [9.17, 15) is 8.78 Å². The summed E-state index contributed by atoms with van der Waals surface area (Å²) in [7, 11) is 0. The Morgan fingerprint density at radius 1 is 1.40 bits per heavy atom. The fourth-order valence-corrected chi connectivity index (χ4v) is 2.21. The average Bonchev–Trinajstić information content (AvgIpc) is 2.59. The smallest absolute Gasteiger partial charge is 0.248 e. The van der Waals surface area contributed by atoms with Gasteiger partial charge in [0.05, 0.1) is 0 Å². The molecule has 1 nitrogen and oxygen atoms in total. The van der Waals surface area contributed by atoms with Crippen molar-refractivity contribution in [3.63, 3.8) is 0 Å². The summed E-state index contributed by atoms with van der Waals surface area (Å²) < 4.78 is 26.1. The van der Waals surface area contributed by atoms with Gasteiger partial charge in [-0.25, -0.2) is 8.78 Å². The van der Waals surface area contributed by atoms with Crippen LogP contribution in [-0.4, -0.2) is 5.92 Å². The van der Waals surface area contributed by atoms with Gasteiger partial charge < -0.3 is 5.73 Å². The summed E-state index contributed by atoms with van der Waals surface area (Å²) in [5, 5.41) is 0. The zero-order valence-corrected chi connectivity index (χ0v) is 8.55. The summed E-state index contributed by atoms with van der Waals surface area (Å²) in [5.74, 6) is -2.46. The molecule has 0 aromatic heterocycles. The van der Waals surface area contributed by atoms with Crippen molar-refractivity contribution in [1.29, 1.82) is 0 Å². The molecule has 0 amide bonds. The van der Waals surface area contributed by atoms with Crippen LogP contribution in [0.5, 0.6) is 0 Å². The van der Waals surface area contributed by atoms with Crippen molar-refractivity contribution in [3.8, 4) is 0 Å². The van der Waals surface area contributed by atoms with E-state index in [4.69, 9.17) is 5.73 Å². The van der Waals surface area contributed by atoms with Gasteiger partial charge in [-0.2, -0.15) is 0 Å². The molecule has 82 valence electrons. The van der Waals surface area contributed by atoms with Crippen LogP contribution in [0.15, 0.2) is 24.3 Å². The Bertz CT molecular complexity index is 349. The fourth-order valence-electron chi connectivity index (χ4n) is 2.21. The second-order valence-electron chi connectivity index (χ2n) is 4.24. The van der Waals surface area contributed by atoms with Gasteiger partial charge in [0.25, 0.3) is 0 Å². The molecule has 15 heavy (non-hydrogen) atoms. The van der Waals surface area contributed by atoms with E-state index in [0.29, 0.717) is 13.0 Å². The first-order chi connectivity index (χ1) is 7.11. The van der Waals surface area contributed by atoms with E-state index < -0.39 is 5.92 Å². The highest BCUT2D eigenvalue weighted by Crippen LogP contribution is 2.44. The third-order valence-corrected chi connectivity index (χ3v) is 3.06. The van der Waals surface area contributed by atoms with Gasteiger partial charge in [0, 0.05) is 19.4 Å². The molecule has 1 fully saturated rings. The molecule has 1 aromatic carbocycles. The highest BCUT2D eigenvalue weighted by molar-refractivity contribution is 5.27. The Labute approximate surface area is 88.3 Å². The minimum Gasteiger partial charge on any atom is -0.326 e. The number of nitrogens with two attached hydrogens (primary N) is 1. The summed E-state index contributed by atoms with van der Waals surface area (Å²) in [6, 6.07) is 7.70. The minimum atomic E-state index is -2.47. The molecule has 1 saturated carbocycles. The molecule has 3 heteroatoms. The van der Waals surface area contributed by atoms with Crippen molar-refractivity contribution in [2.75, 3.05) is 0 Å². The monoisotopic (exact) mass is 211 g/mol. The standard InChI is InChI=1S/C12H15F2N/c13-12(14)5-4-11(7-12)10-3-1-2-9(6-10)8-15/h1-3,6,11H,4-5,7-8,15H2. The second-order valence-corrected chi connectivity index (χ2v) is 4.24. The van der Waals surface area contributed by atoms with Gasteiger partial charge in [-0.15, -0.1) is 0 Å². The lowest BCUT2D eigenvalue weighted by molar-refractivity contribution is 0.00776. The van der Waals surface area contributed by atoms with Crippen molar-refractivity contribution >= 4 is 0 Å². The molecule has 1 aliphatic rings. The molecule has 0 saturated heterocycles. The molecule has 1 aromatic rings. The maximum absolute atomic E-state index is 13.0. The van der Waals surface area contributed by atoms with Gasteiger partial charge in [-0.1, -0.05) is 24.3 Å². The third kappa shape index (κ3) is 2.34. The van der Waals surface area contributed by atoms with E-state index in [1.54, 1.807) is 0 Å². The molecule has 0 heterocycles. The Hall–Kier alpha value is -0.960. The SMILES string of the molecule is NCc1cccc(C2CCC(F)(F)C2)c1. The number of halogens is 2. The first kappa shape index (κ1) is 10.6. The van der Waals surface area contributed by atoms with Crippen LogP contribution in [0.3, 0.4) is 0 Å². The molecule has 2 N–H and O–H groups in total. The van der Waals surface area contributed by atoms with Crippen LogP contribution in [0.2, 0.25) is 0 Å². The fraction of sp³-hybridized carbons (Fsp3) is 0.500. The van der Waals surface area contributed by atoms with Gasteiger partial charge in [-0.05, 0) is 23.5 Å². The van der Waals surface area contributed by atoms with Crippen molar-refractivity contribution in [1.82, 2.24) is 0 Å². The van der Waals surface area contributed by atoms with E-state index in [0.717, 1.165) is 11.1 Å². The Balaban J connectivity index is 2.16. The normalized spacial score (nSPS) is 24.3. The quantitative estimate of drug-likeness (QED) is 0.799. The molecule has 0 aliphatic heterocycles. The lowest BCUT2D eigenvalue weighted by atomic mass is 9.96. The van der Waals surface area contributed by atoms with Crippen molar-refractivity contribution in [3.05, 3.63) is 35.4 Å². The van der Waals surface area contributed by atoms with Crippen LogP contribution >= 0.6 is 0 Å². The van der Waals surface area contributed by atoms with E-state index >= 15 is 0 Å². The van der Waals surface area contributed by atoms with Crippen molar-refractivity contribution < 1.29 is 8.78 Å². The average molecular weight is 211 g/mol. The van der Waals surface area contributed by atoms with Crippen LogP contribution in [0.4, 0.5) is 8.78 Å². The molecule has 2 rings (SSSR count). The largest absolute Gasteiger partial charge is 0.326 e. The summed E-state index contributed by atoms with van der Waals surface area (Å²) in [4.78, 5) is 0. The van der Waals surface area contributed by atoms with Gasteiger partial charge >= 0.3 is 0 Å². The first-order valence-electron chi connectivity index (χ1n) is 5.27. The Kier molecular flexibility index (Phi) is 2.74. The Morgan fingerprint density at radius 3 is 2.80 bits per heavy atom. The second kappa shape index (κ2) is 3.89. The maximum Gasteiger partial charge on any atom is 0.248 e. The van der Waals surface area contributed by atoms with Crippen LogP contribution in [0.1, 0.15) is 36.3 Å². The summed E-state index contributed by atoms with van der Waals surface area (Å²) >= 11 is 0. The van der Waals surface area contributed by atoms with Gasteiger partial charge in [0.1, 0.15) is 0 Å². The third-order valence-electron chi connectivity index (χ3n) is 3.06. The first-order valence-corrected chi connectivity index (χ1v) is 5.27.